The van der Waals surface area contributed by atoms with Crippen molar-refractivity contribution in [2.24, 2.45) is 0 Å². The van der Waals surface area contributed by atoms with E-state index in [9.17, 15) is 18.4 Å². The van der Waals surface area contributed by atoms with E-state index >= 15 is 0 Å². The highest BCUT2D eigenvalue weighted by Crippen LogP contribution is 2.38. The molecule has 0 spiro atoms. The predicted molar refractivity (Wildman–Crippen MR) is 102 cm³/mol. The first-order valence-corrected chi connectivity index (χ1v) is 10.0. The molecule has 0 bridgehead atoms. The van der Waals surface area contributed by atoms with Crippen LogP contribution in [-0.4, -0.2) is 25.5 Å². The molecule has 28 heavy (non-hydrogen) atoms. The number of methoxy groups -OCH3 is 1. The van der Waals surface area contributed by atoms with Crippen molar-refractivity contribution in [2.45, 2.75) is 38.6 Å². The molecule has 3 rings (SSSR count). The number of nitrogens with one attached hydrogen (secondary N) is 1. The van der Waals surface area contributed by atoms with E-state index in [1.54, 1.807) is 12.2 Å². The van der Waals surface area contributed by atoms with Gasteiger partial charge in [-0.05, 0) is 50.3 Å². The lowest BCUT2D eigenvalue weighted by molar-refractivity contribution is -0.682. The number of fused-ring (bicyclic) bond motifs is 1. The number of anilines is 1. The van der Waals surface area contributed by atoms with Gasteiger partial charge in [-0.2, -0.15) is 0 Å². The van der Waals surface area contributed by atoms with Gasteiger partial charge in [-0.15, -0.1) is 11.3 Å². The van der Waals surface area contributed by atoms with E-state index in [4.69, 9.17) is 4.74 Å². The molecular weight excluding hydrogens is 386 g/mol. The minimum atomic E-state index is -0.636. The van der Waals surface area contributed by atoms with E-state index in [0.717, 1.165) is 42.2 Å². The maximum Gasteiger partial charge on any atom is 0.341 e. The Labute approximate surface area is 166 Å². The summed E-state index contributed by atoms with van der Waals surface area (Å²) < 4.78 is 31.8. The Morgan fingerprint density at radius 2 is 2.04 bits per heavy atom. The second-order valence-electron chi connectivity index (χ2n) is 6.85. The molecule has 5 nitrogen and oxygen atoms in total. The van der Waals surface area contributed by atoms with E-state index in [-0.39, 0.29) is 18.5 Å². The Morgan fingerprint density at radius 3 is 2.75 bits per heavy atom. The molecule has 0 unspecified atom stereocenters. The van der Waals surface area contributed by atoms with Gasteiger partial charge in [0.1, 0.15) is 22.7 Å². The number of hydrogen-bond acceptors (Lipinski definition) is 4. The maximum atomic E-state index is 13.9. The Bertz CT molecular complexity index is 898. The van der Waals surface area contributed by atoms with Crippen molar-refractivity contribution in [2.75, 3.05) is 19.0 Å². The molecule has 0 saturated carbocycles. The third kappa shape index (κ3) is 4.39. The number of benzene rings is 1. The van der Waals surface area contributed by atoms with Crippen molar-refractivity contribution < 1.29 is 28.4 Å². The van der Waals surface area contributed by atoms with Crippen molar-refractivity contribution in [1.29, 1.82) is 0 Å². The van der Waals surface area contributed by atoms with Crippen molar-refractivity contribution >= 4 is 28.2 Å². The average molecular weight is 409 g/mol. The maximum absolute atomic E-state index is 13.9. The zero-order chi connectivity index (χ0) is 20.3. The Hall–Kier alpha value is -2.32. The van der Waals surface area contributed by atoms with Gasteiger partial charge in [0.05, 0.1) is 12.7 Å². The average Bonchev–Trinajstić information content (AvgIpc) is 3.03. The quantitative estimate of drug-likeness (QED) is 0.721. The first kappa shape index (κ1) is 20.4. The van der Waals surface area contributed by atoms with Gasteiger partial charge in [0.2, 0.25) is 0 Å². The Balaban J connectivity index is 1.68. The fraction of sp³-hybridized carbons (Fsp3) is 0.400. The highest BCUT2D eigenvalue weighted by molar-refractivity contribution is 7.17. The smallest absolute Gasteiger partial charge is 0.341 e. The molecule has 0 aliphatic heterocycles. The van der Waals surface area contributed by atoms with Gasteiger partial charge in [-0.25, -0.2) is 13.6 Å². The largest absolute Gasteiger partial charge is 0.465 e. The Morgan fingerprint density at radius 1 is 1.29 bits per heavy atom. The van der Waals surface area contributed by atoms with Crippen LogP contribution in [0, 0.1) is 11.6 Å². The fourth-order valence-electron chi connectivity index (χ4n) is 3.43. The van der Waals surface area contributed by atoms with Gasteiger partial charge in [0.25, 0.3) is 5.91 Å². The summed E-state index contributed by atoms with van der Waals surface area (Å²) in [5.41, 5.74) is 1.76. The summed E-state index contributed by atoms with van der Waals surface area (Å²) in [4.78, 5) is 25.8. The summed E-state index contributed by atoms with van der Waals surface area (Å²) in [6.45, 7) is 1.79. The van der Waals surface area contributed by atoms with E-state index < -0.39 is 17.6 Å². The molecule has 8 heteroatoms. The number of esters is 1. The molecule has 2 aromatic rings. The van der Waals surface area contributed by atoms with Crippen molar-refractivity contribution in [1.82, 2.24) is 0 Å². The third-order valence-corrected chi connectivity index (χ3v) is 6.13. The molecule has 1 aliphatic rings. The molecule has 0 saturated heterocycles. The molecule has 0 fully saturated rings. The van der Waals surface area contributed by atoms with Gasteiger partial charge in [-0.1, -0.05) is 0 Å². The number of nitrogens with two attached hydrogens (primary N) is 1. The van der Waals surface area contributed by atoms with Crippen LogP contribution < -0.4 is 10.6 Å². The van der Waals surface area contributed by atoms with Crippen LogP contribution in [0.25, 0.3) is 0 Å². The molecular formula is C20H23F2N2O3S+. The number of rotatable bonds is 6. The molecule has 1 heterocycles. The fourth-order valence-corrected chi connectivity index (χ4v) is 4.72. The molecule has 1 atom stereocenters. The summed E-state index contributed by atoms with van der Waals surface area (Å²) in [7, 11) is 1.33. The number of aryl methyl sites for hydroxylation is 1. The first-order chi connectivity index (χ1) is 13.4. The van der Waals surface area contributed by atoms with Gasteiger partial charge >= 0.3 is 5.97 Å². The van der Waals surface area contributed by atoms with Crippen molar-refractivity contribution in [3.8, 4) is 0 Å². The van der Waals surface area contributed by atoms with E-state index in [1.807, 2.05) is 0 Å². The number of thiophene rings is 1. The molecule has 1 aromatic carbocycles. The van der Waals surface area contributed by atoms with Crippen LogP contribution in [-0.2, 0) is 22.4 Å². The zero-order valence-electron chi connectivity index (χ0n) is 15.8. The second-order valence-corrected chi connectivity index (χ2v) is 7.95. The van der Waals surface area contributed by atoms with Crippen LogP contribution in [0.4, 0.5) is 13.8 Å². The number of carbonyl (C=O) groups excluding carboxylic acids is 2. The summed E-state index contributed by atoms with van der Waals surface area (Å²) in [6, 6.07) is 3.05. The van der Waals surface area contributed by atoms with E-state index in [0.29, 0.717) is 16.1 Å². The van der Waals surface area contributed by atoms with Crippen LogP contribution in [0.5, 0.6) is 0 Å². The topological polar surface area (TPSA) is 72.0 Å². The minimum Gasteiger partial charge on any atom is -0.465 e. The van der Waals surface area contributed by atoms with Crippen LogP contribution in [0.1, 0.15) is 52.2 Å². The number of hydrogen-bond donors (Lipinski definition) is 2. The molecule has 150 valence electrons. The van der Waals surface area contributed by atoms with Gasteiger partial charge in [0.15, 0.2) is 6.54 Å². The van der Waals surface area contributed by atoms with E-state index in [1.165, 1.54) is 30.6 Å². The number of ether oxygens (including phenoxy) is 1. The first-order valence-electron chi connectivity index (χ1n) is 9.21. The summed E-state index contributed by atoms with van der Waals surface area (Å²) >= 11 is 1.42. The molecule has 1 aromatic heterocycles. The van der Waals surface area contributed by atoms with Gasteiger partial charge < -0.3 is 15.4 Å². The van der Waals surface area contributed by atoms with Gasteiger partial charge in [-0.3, -0.25) is 4.79 Å². The van der Waals surface area contributed by atoms with Crippen molar-refractivity contribution in [3.05, 3.63) is 51.4 Å². The normalized spacial score (nSPS) is 14.3. The molecule has 0 radical (unpaired) electrons. The van der Waals surface area contributed by atoms with Crippen LogP contribution in [0.2, 0.25) is 0 Å². The van der Waals surface area contributed by atoms with Crippen LogP contribution in [0.3, 0.4) is 0 Å². The number of quaternary nitrogens is 1. The standard InChI is InChI=1S/C20H22F2N2O3S/c1-11(13-8-7-12(21)9-15(13)22)23-10-17(25)24-19-18(20(26)27-2)14-5-3-4-6-16(14)28-19/h7-9,11,23H,3-6,10H2,1-2H3,(H,24,25)/p+1/t11-/m0/s1. The Kier molecular flexibility index (Phi) is 6.41. The molecule has 3 N–H and O–H groups in total. The van der Waals surface area contributed by atoms with Crippen molar-refractivity contribution in [3.63, 3.8) is 0 Å². The lowest BCUT2D eigenvalue weighted by atomic mass is 9.95. The number of carbonyl (C=O) groups is 2. The lowest BCUT2D eigenvalue weighted by Crippen LogP contribution is -2.86. The number of halogens is 2. The van der Waals surface area contributed by atoms with Gasteiger partial charge in [0, 0.05) is 16.5 Å². The van der Waals surface area contributed by atoms with Crippen LogP contribution in [0.15, 0.2) is 18.2 Å². The number of amides is 1. The van der Waals surface area contributed by atoms with E-state index in [2.05, 4.69) is 5.32 Å². The zero-order valence-corrected chi connectivity index (χ0v) is 16.6. The molecule has 1 aliphatic carbocycles. The lowest BCUT2D eigenvalue weighted by Gasteiger charge is -2.13. The highest BCUT2D eigenvalue weighted by Gasteiger charge is 2.27. The molecule has 1 amide bonds. The summed E-state index contributed by atoms with van der Waals surface area (Å²) in [5, 5.41) is 4.98. The monoisotopic (exact) mass is 409 g/mol. The SMILES string of the molecule is COC(=O)c1c(NC(=O)C[NH2+][C@@H](C)c2ccc(F)cc2F)sc2c1CCCC2. The second kappa shape index (κ2) is 8.79. The third-order valence-electron chi connectivity index (χ3n) is 4.92. The predicted octanol–water partition coefficient (Wildman–Crippen LogP) is 2.95. The minimum absolute atomic E-state index is 0.0428. The summed E-state index contributed by atoms with van der Waals surface area (Å²) in [6.07, 6.45) is 3.78. The summed E-state index contributed by atoms with van der Waals surface area (Å²) in [5.74, 6) is -2.01. The van der Waals surface area contributed by atoms with Crippen LogP contribution >= 0.6 is 11.3 Å². The highest BCUT2D eigenvalue weighted by atomic mass is 32.1.